The fourth-order valence-corrected chi connectivity index (χ4v) is 3.23. The maximum Gasteiger partial charge on any atom is 0.226 e. The van der Waals surface area contributed by atoms with Crippen LogP contribution < -0.4 is 0 Å². The van der Waals surface area contributed by atoms with Crippen molar-refractivity contribution in [3.05, 3.63) is 17.5 Å². The van der Waals surface area contributed by atoms with E-state index in [0.717, 1.165) is 12.1 Å². The lowest BCUT2D eigenvalue weighted by Crippen LogP contribution is -2.48. The van der Waals surface area contributed by atoms with Gasteiger partial charge >= 0.3 is 0 Å². The number of alkyl halides is 1. The number of carbonyl (C=O) groups excluding carboxylic acids is 1. The number of hydrogen-bond acceptors (Lipinski definition) is 3. The first-order chi connectivity index (χ1) is 9.61. The fraction of sp³-hybridized carbons (Fsp3) is 0.714. The van der Waals surface area contributed by atoms with Crippen LogP contribution in [0, 0.1) is 5.92 Å². The van der Waals surface area contributed by atoms with Crippen LogP contribution in [-0.4, -0.2) is 47.0 Å². The van der Waals surface area contributed by atoms with Gasteiger partial charge in [0.1, 0.15) is 6.17 Å². The third-order valence-corrected chi connectivity index (χ3v) is 4.42. The van der Waals surface area contributed by atoms with Gasteiger partial charge < -0.3 is 9.64 Å². The van der Waals surface area contributed by atoms with E-state index >= 15 is 0 Å². The van der Waals surface area contributed by atoms with E-state index in [2.05, 4.69) is 5.10 Å². The molecule has 1 aromatic rings. The van der Waals surface area contributed by atoms with Crippen LogP contribution in [-0.2, 0) is 23.0 Å². The Balaban J connectivity index is 1.84. The van der Waals surface area contributed by atoms with E-state index in [1.165, 1.54) is 5.56 Å². The summed E-state index contributed by atoms with van der Waals surface area (Å²) in [6.07, 6.45) is 2.60. The molecular weight excluding hydrogens is 261 g/mol. The highest BCUT2D eigenvalue weighted by Crippen LogP contribution is 2.36. The molecule has 0 bridgehead atoms. The predicted molar refractivity (Wildman–Crippen MR) is 70.9 cm³/mol. The van der Waals surface area contributed by atoms with Gasteiger partial charge in [0.2, 0.25) is 5.91 Å². The lowest BCUT2D eigenvalue weighted by atomic mass is 9.81. The molecule has 2 heterocycles. The standard InChI is InChI=1S/C14H20FN3O2/c1-17-13-9(7-16-17)3-4-18(12(13)8-20-2)14(19)10-5-11(15)6-10/h7,10-12H,3-6,8H2,1-2H3/t10?,11?,12-/m1/s1. The lowest BCUT2D eigenvalue weighted by Gasteiger charge is -2.40. The number of hydrogen-bond donors (Lipinski definition) is 0. The van der Waals surface area contributed by atoms with Gasteiger partial charge in [0.05, 0.1) is 24.5 Å². The molecule has 1 aliphatic heterocycles. The summed E-state index contributed by atoms with van der Waals surface area (Å²) < 4.78 is 20.1. The molecule has 3 rings (SSSR count). The molecule has 2 aliphatic rings. The number of aryl methyl sites for hydroxylation is 1. The molecule has 1 atom stereocenters. The number of carbonyl (C=O) groups is 1. The molecule has 0 aromatic carbocycles. The largest absolute Gasteiger partial charge is 0.382 e. The average Bonchev–Trinajstić information content (AvgIpc) is 2.77. The highest BCUT2D eigenvalue weighted by atomic mass is 19.1. The number of rotatable bonds is 3. The smallest absolute Gasteiger partial charge is 0.226 e. The van der Waals surface area contributed by atoms with Crippen LogP contribution >= 0.6 is 0 Å². The minimum Gasteiger partial charge on any atom is -0.382 e. The summed E-state index contributed by atoms with van der Waals surface area (Å²) in [6.45, 7) is 1.11. The van der Waals surface area contributed by atoms with Crippen LogP contribution in [0.15, 0.2) is 6.20 Å². The molecular formula is C14H20FN3O2. The molecule has 110 valence electrons. The number of aromatic nitrogens is 2. The van der Waals surface area contributed by atoms with Gasteiger partial charge in [-0.05, 0) is 24.8 Å². The second kappa shape index (κ2) is 5.16. The first-order valence-corrected chi connectivity index (χ1v) is 7.06. The van der Waals surface area contributed by atoms with Crippen molar-refractivity contribution < 1.29 is 13.9 Å². The van der Waals surface area contributed by atoms with Gasteiger partial charge in [-0.1, -0.05) is 0 Å². The summed E-state index contributed by atoms with van der Waals surface area (Å²) in [5.74, 6) is -0.0908. The molecule has 0 spiro atoms. The van der Waals surface area contributed by atoms with Crippen LogP contribution in [0.2, 0.25) is 0 Å². The fourth-order valence-electron chi connectivity index (χ4n) is 3.23. The summed E-state index contributed by atoms with van der Waals surface area (Å²) in [5.41, 5.74) is 2.22. The Morgan fingerprint density at radius 3 is 2.95 bits per heavy atom. The van der Waals surface area contributed by atoms with Gasteiger partial charge in [-0.25, -0.2) is 4.39 Å². The van der Waals surface area contributed by atoms with E-state index in [1.807, 2.05) is 22.8 Å². The molecule has 1 aliphatic carbocycles. The number of fused-ring (bicyclic) bond motifs is 1. The highest BCUT2D eigenvalue weighted by Gasteiger charge is 2.41. The summed E-state index contributed by atoms with van der Waals surface area (Å²) in [7, 11) is 3.52. The molecule has 1 amide bonds. The van der Waals surface area contributed by atoms with Gasteiger partial charge in [0.15, 0.2) is 0 Å². The molecule has 0 unspecified atom stereocenters. The van der Waals surface area contributed by atoms with Crippen LogP contribution in [0.5, 0.6) is 0 Å². The van der Waals surface area contributed by atoms with Crippen molar-refractivity contribution in [2.75, 3.05) is 20.3 Å². The molecule has 5 nitrogen and oxygen atoms in total. The third kappa shape index (κ3) is 2.12. The summed E-state index contributed by atoms with van der Waals surface area (Å²) >= 11 is 0. The van der Waals surface area contributed by atoms with Gasteiger partial charge in [-0.3, -0.25) is 9.48 Å². The number of amides is 1. The molecule has 0 radical (unpaired) electrons. The van der Waals surface area contributed by atoms with Gasteiger partial charge in [-0.15, -0.1) is 0 Å². The van der Waals surface area contributed by atoms with Gasteiger partial charge in [-0.2, -0.15) is 5.10 Å². The first kappa shape index (κ1) is 13.5. The van der Waals surface area contributed by atoms with Crippen LogP contribution in [0.4, 0.5) is 4.39 Å². The Labute approximate surface area is 117 Å². The SMILES string of the molecule is COC[C@@H]1c2c(cnn2C)CCN1C(=O)C1CC(F)C1. The number of halogens is 1. The molecule has 0 saturated heterocycles. The minimum atomic E-state index is -0.804. The molecule has 1 aromatic heterocycles. The van der Waals surface area contributed by atoms with E-state index in [4.69, 9.17) is 4.74 Å². The van der Waals surface area contributed by atoms with Crippen molar-refractivity contribution in [1.29, 1.82) is 0 Å². The molecule has 20 heavy (non-hydrogen) atoms. The zero-order valence-electron chi connectivity index (χ0n) is 11.9. The number of methoxy groups -OCH3 is 1. The molecule has 6 heteroatoms. The normalized spacial score (nSPS) is 28.9. The first-order valence-electron chi connectivity index (χ1n) is 7.06. The predicted octanol–water partition coefficient (Wildman–Crippen LogP) is 1.24. The van der Waals surface area contributed by atoms with Crippen molar-refractivity contribution in [1.82, 2.24) is 14.7 Å². The number of nitrogens with zero attached hydrogens (tertiary/aromatic N) is 3. The van der Waals surface area contributed by atoms with Gasteiger partial charge in [0, 0.05) is 26.6 Å². The van der Waals surface area contributed by atoms with Crippen molar-refractivity contribution in [2.24, 2.45) is 13.0 Å². The Hall–Kier alpha value is -1.43. The monoisotopic (exact) mass is 281 g/mol. The van der Waals surface area contributed by atoms with E-state index in [0.29, 0.717) is 26.0 Å². The maximum atomic E-state index is 13.0. The Kier molecular flexibility index (Phi) is 3.50. The summed E-state index contributed by atoms with van der Waals surface area (Å²) in [5, 5.41) is 4.28. The van der Waals surface area contributed by atoms with E-state index < -0.39 is 6.17 Å². The van der Waals surface area contributed by atoms with E-state index in [9.17, 15) is 9.18 Å². The second-order valence-corrected chi connectivity index (χ2v) is 5.70. The number of ether oxygens (including phenoxy) is 1. The quantitative estimate of drug-likeness (QED) is 0.837. The average molecular weight is 281 g/mol. The Morgan fingerprint density at radius 2 is 2.30 bits per heavy atom. The highest BCUT2D eigenvalue weighted by molar-refractivity contribution is 5.80. The van der Waals surface area contributed by atoms with Crippen LogP contribution in [0.3, 0.4) is 0 Å². The lowest BCUT2D eigenvalue weighted by molar-refractivity contribution is -0.145. The van der Waals surface area contributed by atoms with Crippen molar-refractivity contribution >= 4 is 5.91 Å². The molecule has 0 N–H and O–H groups in total. The summed E-state index contributed by atoms with van der Waals surface area (Å²) in [4.78, 5) is 14.4. The van der Waals surface area contributed by atoms with E-state index in [-0.39, 0.29) is 17.9 Å². The summed E-state index contributed by atoms with van der Waals surface area (Å²) in [6, 6.07) is -0.109. The van der Waals surface area contributed by atoms with Crippen molar-refractivity contribution in [3.63, 3.8) is 0 Å². The zero-order valence-corrected chi connectivity index (χ0v) is 11.9. The van der Waals surface area contributed by atoms with E-state index in [1.54, 1.807) is 7.11 Å². The molecule has 1 saturated carbocycles. The van der Waals surface area contributed by atoms with Crippen LogP contribution in [0.25, 0.3) is 0 Å². The Bertz CT molecular complexity index is 511. The molecule has 1 fully saturated rings. The van der Waals surface area contributed by atoms with Gasteiger partial charge in [0.25, 0.3) is 0 Å². The second-order valence-electron chi connectivity index (χ2n) is 5.70. The van der Waals surface area contributed by atoms with Crippen molar-refractivity contribution in [3.8, 4) is 0 Å². The maximum absolute atomic E-state index is 13.0. The third-order valence-electron chi connectivity index (χ3n) is 4.42. The van der Waals surface area contributed by atoms with Crippen LogP contribution in [0.1, 0.15) is 30.1 Å². The minimum absolute atomic E-state index is 0.0628. The van der Waals surface area contributed by atoms with Crippen molar-refractivity contribution in [2.45, 2.75) is 31.5 Å². The Morgan fingerprint density at radius 1 is 1.55 bits per heavy atom. The zero-order chi connectivity index (χ0) is 14.3. The topological polar surface area (TPSA) is 47.4 Å².